The zero-order chi connectivity index (χ0) is 18.1. The Labute approximate surface area is 145 Å². The molecule has 1 N–H and O–H groups in total. The second-order valence-corrected chi connectivity index (χ2v) is 6.14. The monoisotopic (exact) mass is 339 g/mol. The molecule has 8 heteroatoms. The number of fused-ring (bicyclic) bond motifs is 1. The number of hydrogen-bond acceptors (Lipinski definition) is 5. The molecular weight excluding hydrogens is 318 g/mol. The van der Waals surface area contributed by atoms with Gasteiger partial charge in [0.25, 0.3) is 5.91 Å². The van der Waals surface area contributed by atoms with Gasteiger partial charge in [-0.2, -0.15) is 15.3 Å². The van der Waals surface area contributed by atoms with Crippen LogP contribution in [0.25, 0.3) is 11.0 Å². The average Bonchev–Trinajstić information content (AvgIpc) is 3.08. The predicted octanol–water partition coefficient (Wildman–Crippen LogP) is 1.90. The Kier molecular flexibility index (Phi) is 4.35. The maximum absolute atomic E-state index is 12.6. The fourth-order valence-corrected chi connectivity index (χ4v) is 2.77. The van der Waals surface area contributed by atoms with Gasteiger partial charge >= 0.3 is 0 Å². The van der Waals surface area contributed by atoms with Crippen LogP contribution in [0.5, 0.6) is 0 Å². The smallest absolute Gasteiger partial charge is 0.267 e. The van der Waals surface area contributed by atoms with E-state index >= 15 is 0 Å². The summed E-state index contributed by atoms with van der Waals surface area (Å²) in [4.78, 5) is 17.1. The summed E-state index contributed by atoms with van der Waals surface area (Å²) in [7, 11) is 1.82. The molecule has 0 aromatic carbocycles. The average molecular weight is 339 g/mol. The molecule has 0 aliphatic heterocycles. The van der Waals surface area contributed by atoms with Crippen LogP contribution < -0.4 is 5.43 Å². The van der Waals surface area contributed by atoms with Crippen molar-refractivity contribution in [1.29, 1.82) is 0 Å². The first-order valence-electron chi connectivity index (χ1n) is 7.99. The standard InChI is InChI=1S/C17H21N7O/c1-10-8-14(15-13(4)22-23(5)16(15)19-10)17(25)21-20-11(2)9-24-12(3)6-7-18-24/h6-8H,9H2,1-5H3,(H,21,25)/b20-11-. The van der Waals surface area contributed by atoms with E-state index in [1.165, 1.54) is 0 Å². The molecule has 8 nitrogen and oxygen atoms in total. The van der Waals surface area contributed by atoms with E-state index in [1.807, 2.05) is 45.5 Å². The predicted molar refractivity (Wildman–Crippen MR) is 95.5 cm³/mol. The van der Waals surface area contributed by atoms with E-state index in [9.17, 15) is 4.79 Å². The molecule has 0 atom stereocenters. The Morgan fingerprint density at radius 3 is 2.76 bits per heavy atom. The van der Waals surface area contributed by atoms with Crippen molar-refractivity contribution in [2.45, 2.75) is 34.2 Å². The van der Waals surface area contributed by atoms with Crippen LogP contribution in [0.3, 0.4) is 0 Å². The van der Waals surface area contributed by atoms with Gasteiger partial charge in [0.15, 0.2) is 5.65 Å². The van der Waals surface area contributed by atoms with E-state index in [-0.39, 0.29) is 5.91 Å². The van der Waals surface area contributed by atoms with Gasteiger partial charge in [-0.3, -0.25) is 14.2 Å². The highest BCUT2D eigenvalue weighted by molar-refractivity contribution is 6.06. The first-order valence-corrected chi connectivity index (χ1v) is 7.99. The second-order valence-electron chi connectivity index (χ2n) is 6.14. The number of aromatic nitrogens is 5. The molecule has 0 saturated carbocycles. The van der Waals surface area contributed by atoms with Crippen LogP contribution in [0.4, 0.5) is 0 Å². The Morgan fingerprint density at radius 1 is 1.32 bits per heavy atom. The van der Waals surface area contributed by atoms with Crippen molar-refractivity contribution < 1.29 is 4.79 Å². The molecule has 3 aromatic rings. The zero-order valence-corrected chi connectivity index (χ0v) is 15.0. The van der Waals surface area contributed by atoms with E-state index in [1.54, 1.807) is 16.9 Å². The maximum atomic E-state index is 12.6. The summed E-state index contributed by atoms with van der Waals surface area (Å²) in [6.07, 6.45) is 1.74. The quantitative estimate of drug-likeness (QED) is 0.580. The summed E-state index contributed by atoms with van der Waals surface area (Å²) < 4.78 is 3.51. The lowest BCUT2D eigenvalue weighted by molar-refractivity contribution is 0.0956. The summed E-state index contributed by atoms with van der Waals surface area (Å²) in [5, 5.41) is 13.5. The lowest BCUT2D eigenvalue weighted by Crippen LogP contribution is -2.21. The number of aryl methyl sites for hydroxylation is 4. The highest BCUT2D eigenvalue weighted by atomic mass is 16.2. The van der Waals surface area contributed by atoms with Crippen LogP contribution >= 0.6 is 0 Å². The lowest BCUT2D eigenvalue weighted by Gasteiger charge is -2.07. The zero-order valence-electron chi connectivity index (χ0n) is 15.0. The number of nitrogens with one attached hydrogen (secondary N) is 1. The SMILES string of the molecule is C/C(Cn1nccc1C)=N/NC(=O)c1cc(C)nc2c1c(C)nn2C. The van der Waals surface area contributed by atoms with Crippen molar-refractivity contribution in [1.82, 2.24) is 30.0 Å². The molecular formula is C17H21N7O. The Morgan fingerprint density at radius 2 is 2.08 bits per heavy atom. The van der Waals surface area contributed by atoms with Crippen molar-refractivity contribution in [3.63, 3.8) is 0 Å². The van der Waals surface area contributed by atoms with Crippen molar-refractivity contribution in [3.8, 4) is 0 Å². The molecule has 25 heavy (non-hydrogen) atoms. The van der Waals surface area contributed by atoms with Gasteiger partial charge in [-0.15, -0.1) is 0 Å². The summed E-state index contributed by atoms with van der Waals surface area (Å²) >= 11 is 0. The van der Waals surface area contributed by atoms with Crippen molar-refractivity contribution >= 4 is 22.7 Å². The number of pyridine rings is 1. The number of hydrazone groups is 1. The Balaban J connectivity index is 1.85. The summed E-state index contributed by atoms with van der Waals surface area (Å²) in [6.45, 7) is 8.07. The number of nitrogens with zero attached hydrogens (tertiary/aromatic N) is 6. The van der Waals surface area contributed by atoms with E-state index in [2.05, 4.69) is 25.7 Å². The highest BCUT2D eigenvalue weighted by Gasteiger charge is 2.17. The van der Waals surface area contributed by atoms with Crippen molar-refractivity contribution in [2.24, 2.45) is 12.1 Å². The van der Waals surface area contributed by atoms with E-state index in [0.717, 1.165) is 28.2 Å². The van der Waals surface area contributed by atoms with E-state index in [4.69, 9.17) is 0 Å². The molecule has 3 heterocycles. The molecule has 0 saturated heterocycles. The van der Waals surface area contributed by atoms with Gasteiger partial charge < -0.3 is 0 Å². The number of carbonyl (C=O) groups excluding carboxylic acids is 1. The summed E-state index contributed by atoms with van der Waals surface area (Å²) in [6, 6.07) is 3.68. The molecule has 0 fully saturated rings. The molecule has 0 unspecified atom stereocenters. The Bertz CT molecular complexity index is 980. The molecule has 0 bridgehead atoms. The third kappa shape index (κ3) is 3.28. The van der Waals surface area contributed by atoms with Crippen molar-refractivity contribution in [3.05, 3.63) is 41.0 Å². The maximum Gasteiger partial charge on any atom is 0.272 e. The third-order valence-corrected chi connectivity index (χ3v) is 4.00. The van der Waals surface area contributed by atoms with E-state index < -0.39 is 0 Å². The number of amides is 1. The highest BCUT2D eigenvalue weighted by Crippen LogP contribution is 2.21. The van der Waals surface area contributed by atoms with Gasteiger partial charge in [0.1, 0.15) is 0 Å². The number of rotatable bonds is 4. The van der Waals surface area contributed by atoms with Crippen LogP contribution in [-0.2, 0) is 13.6 Å². The molecule has 0 spiro atoms. The van der Waals surface area contributed by atoms with Crippen LogP contribution in [-0.4, -0.2) is 36.2 Å². The fourth-order valence-electron chi connectivity index (χ4n) is 2.77. The van der Waals surface area contributed by atoms with E-state index in [0.29, 0.717) is 17.8 Å². The fraction of sp³-hybridized carbons (Fsp3) is 0.353. The molecule has 0 aliphatic carbocycles. The molecule has 3 aromatic heterocycles. The first kappa shape index (κ1) is 16.8. The minimum atomic E-state index is -0.275. The molecule has 1 amide bonds. The normalized spacial score (nSPS) is 12.0. The van der Waals surface area contributed by atoms with Gasteiger partial charge in [0.05, 0.1) is 28.9 Å². The van der Waals surface area contributed by atoms with Crippen LogP contribution in [0.1, 0.15) is 34.4 Å². The summed E-state index contributed by atoms with van der Waals surface area (Å²) in [5.41, 5.74) is 7.17. The number of hydrogen-bond donors (Lipinski definition) is 1. The molecule has 3 rings (SSSR count). The Hall–Kier alpha value is -3.03. The third-order valence-electron chi connectivity index (χ3n) is 4.00. The number of carbonyl (C=O) groups is 1. The van der Waals surface area contributed by atoms with Gasteiger partial charge in [-0.05, 0) is 39.8 Å². The summed E-state index contributed by atoms with van der Waals surface area (Å²) in [5.74, 6) is -0.275. The van der Waals surface area contributed by atoms with Crippen LogP contribution in [0.15, 0.2) is 23.4 Å². The van der Waals surface area contributed by atoms with Gasteiger partial charge in [-0.25, -0.2) is 10.4 Å². The van der Waals surface area contributed by atoms with Crippen LogP contribution in [0, 0.1) is 20.8 Å². The van der Waals surface area contributed by atoms with Gasteiger partial charge in [0, 0.05) is 24.6 Å². The lowest BCUT2D eigenvalue weighted by atomic mass is 10.1. The second kappa shape index (κ2) is 6.46. The minimum absolute atomic E-state index is 0.275. The van der Waals surface area contributed by atoms with Crippen molar-refractivity contribution in [2.75, 3.05) is 0 Å². The van der Waals surface area contributed by atoms with Gasteiger partial charge in [-0.1, -0.05) is 0 Å². The molecule has 0 aliphatic rings. The van der Waals surface area contributed by atoms with Crippen LogP contribution in [0.2, 0.25) is 0 Å². The largest absolute Gasteiger partial charge is 0.272 e. The van der Waals surface area contributed by atoms with Gasteiger partial charge in [0.2, 0.25) is 0 Å². The first-order chi connectivity index (χ1) is 11.9. The molecule has 130 valence electrons. The minimum Gasteiger partial charge on any atom is -0.267 e. The topological polar surface area (TPSA) is 90.0 Å². The molecule has 0 radical (unpaired) electrons.